The predicted octanol–water partition coefficient (Wildman–Crippen LogP) is 2.60. The summed E-state index contributed by atoms with van der Waals surface area (Å²) in [4.78, 5) is 8.83. The van der Waals surface area contributed by atoms with Crippen LogP contribution >= 0.6 is 0 Å². The smallest absolute Gasteiger partial charge is 0.0890 e. The van der Waals surface area contributed by atoms with Crippen LogP contribution in [0.2, 0.25) is 0 Å². The van der Waals surface area contributed by atoms with Crippen molar-refractivity contribution >= 4 is 11.0 Å². The standard InChI is InChI=1S/C13H15N3/c1-9(2)7-10(14)13-8-15-11-5-3-4-6-12(11)16-13/h3-8,10H,14H2,1-2H3. The first-order valence-corrected chi connectivity index (χ1v) is 5.29. The number of nitrogens with zero attached hydrogens (tertiary/aromatic N) is 2. The Bertz CT molecular complexity index is 527. The minimum absolute atomic E-state index is 0.179. The maximum absolute atomic E-state index is 6.01. The molecule has 1 aromatic carbocycles. The molecule has 0 bridgehead atoms. The SMILES string of the molecule is CC(C)=CC(N)c1cnc2ccccc2n1. The van der Waals surface area contributed by atoms with E-state index < -0.39 is 0 Å². The summed E-state index contributed by atoms with van der Waals surface area (Å²) < 4.78 is 0. The largest absolute Gasteiger partial charge is 0.319 e. The van der Waals surface area contributed by atoms with Gasteiger partial charge in [0.2, 0.25) is 0 Å². The summed E-state index contributed by atoms with van der Waals surface area (Å²) in [6.07, 6.45) is 3.73. The second-order valence-corrected chi connectivity index (χ2v) is 4.05. The monoisotopic (exact) mass is 213 g/mol. The second kappa shape index (κ2) is 4.41. The molecule has 2 aromatic rings. The van der Waals surface area contributed by atoms with Crippen molar-refractivity contribution < 1.29 is 0 Å². The van der Waals surface area contributed by atoms with E-state index >= 15 is 0 Å². The molecule has 2 rings (SSSR count). The summed E-state index contributed by atoms with van der Waals surface area (Å²) in [6, 6.07) is 7.61. The van der Waals surface area contributed by atoms with Gasteiger partial charge in [-0.2, -0.15) is 0 Å². The van der Waals surface area contributed by atoms with Crippen molar-refractivity contribution in [1.82, 2.24) is 9.97 Å². The molecule has 0 aliphatic rings. The lowest BCUT2D eigenvalue weighted by atomic mass is 10.1. The molecule has 82 valence electrons. The second-order valence-electron chi connectivity index (χ2n) is 4.05. The first-order chi connectivity index (χ1) is 7.66. The molecule has 2 N–H and O–H groups in total. The number of hydrogen-bond acceptors (Lipinski definition) is 3. The van der Waals surface area contributed by atoms with Crippen LogP contribution < -0.4 is 5.73 Å². The van der Waals surface area contributed by atoms with Gasteiger partial charge in [-0.1, -0.05) is 23.8 Å². The molecule has 0 saturated heterocycles. The first kappa shape index (κ1) is 10.8. The quantitative estimate of drug-likeness (QED) is 0.780. The molecule has 0 aliphatic carbocycles. The lowest BCUT2D eigenvalue weighted by molar-refractivity contribution is 0.851. The van der Waals surface area contributed by atoms with Gasteiger partial charge < -0.3 is 5.73 Å². The minimum atomic E-state index is -0.179. The molecule has 3 heteroatoms. The molecule has 0 spiro atoms. The van der Waals surface area contributed by atoms with Crippen LogP contribution in [0.4, 0.5) is 0 Å². The number of allylic oxidation sites excluding steroid dienone is 1. The van der Waals surface area contributed by atoms with Gasteiger partial charge in [0.15, 0.2) is 0 Å². The molecule has 0 radical (unpaired) electrons. The van der Waals surface area contributed by atoms with E-state index in [4.69, 9.17) is 5.73 Å². The molecular formula is C13H15N3. The van der Waals surface area contributed by atoms with Crippen LogP contribution in [-0.2, 0) is 0 Å². The number of aromatic nitrogens is 2. The number of para-hydroxylation sites is 2. The molecule has 1 heterocycles. The zero-order chi connectivity index (χ0) is 11.5. The third-order valence-electron chi connectivity index (χ3n) is 2.32. The van der Waals surface area contributed by atoms with E-state index in [2.05, 4.69) is 9.97 Å². The van der Waals surface area contributed by atoms with Gasteiger partial charge in [0.05, 0.1) is 29.0 Å². The van der Waals surface area contributed by atoms with E-state index in [-0.39, 0.29) is 6.04 Å². The first-order valence-electron chi connectivity index (χ1n) is 5.29. The fraction of sp³-hybridized carbons (Fsp3) is 0.231. The van der Waals surface area contributed by atoms with E-state index in [1.807, 2.05) is 44.2 Å². The molecule has 0 aliphatic heterocycles. The number of nitrogens with two attached hydrogens (primary N) is 1. The maximum Gasteiger partial charge on any atom is 0.0890 e. The fourth-order valence-corrected chi connectivity index (χ4v) is 1.58. The Balaban J connectivity index is 2.43. The van der Waals surface area contributed by atoms with E-state index in [0.717, 1.165) is 16.7 Å². The van der Waals surface area contributed by atoms with E-state index in [9.17, 15) is 0 Å². The van der Waals surface area contributed by atoms with Gasteiger partial charge in [-0.25, -0.2) is 4.98 Å². The van der Waals surface area contributed by atoms with E-state index in [0.29, 0.717) is 0 Å². The van der Waals surface area contributed by atoms with Crippen LogP contribution in [0.1, 0.15) is 25.6 Å². The van der Waals surface area contributed by atoms with Gasteiger partial charge in [0.1, 0.15) is 0 Å². The van der Waals surface area contributed by atoms with Crippen molar-refractivity contribution in [1.29, 1.82) is 0 Å². The number of hydrogen-bond donors (Lipinski definition) is 1. The molecule has 0 fully saturated rings. The average molecular weight is 213 g/mol. The highest BCUT2D eigenvalue weighted by Gasteiger charge is 2.05. The Morgan fingerprint density at radius 1 is 1.25 bits per heavy atom. The lowest BCUT2D eigenvalue weighted by Crippen LogP contribution is -2.10. The molecule has 1 unspecified atom stereocenters. The van der Waals surface area contributed by atoms with Crippen LogP contribution in [0.15, 0.2) is 42.1 Å². The van der Waals surface area contributed by atoms with Gasteiger partial charge >= 0.3 is 0 Å². The van der Waals surface area contributed by atoms with Gasteiger partial charge in [0.25, 0.3) is 0 Å². The summed E-state index contributed by atoms with van der Waals surface area (Å²) in [5.41, 5.74) is 9.78. The van der Waals surface area contributed by atoms with Gasteiger partial charge in [-0.05, 0) is 26.0 Å². The van der Waals surface area contributed by atoms with Crippen LogP contribution in [-0.4, -0.2) is 9.97 Å². The van der Waals surface area contributed by atoms with Crippen LogP contribution in [0.5, 0.6) is 0 Å². The lowest BCUT2D eigenvalue weighted by Gasteiger charge is -2.07. The third-order valence-corrected chi connectivity index (χ3v) is 2.32. The fourth-order valence-electron chi connectivity index (χ4n) is 1.58. The van der Waals surface area contributed by atoms with Gasteiger partial charge in [-0.3, -0.25) is 4.98 Å². The molecular weight excluding hydrogens is 198 g/mol. The normalized spacial score (nSPS) is 12.4. The Kier molecular flexibility index (Phi) is 2.97. The zero-order valence-corrected chi connectivity index (χ0v) is 9.51. The predicted molar refractivity (Wildman–Crippen MR) is 65.9 cm³/mol. The molecule has 1 atom stereocenters. The van der Waals surface area contributed by atoms with Crippen molar-refractivity contribution in [3.8, 4) is 0 Å². The maximum atomic E-state index is 6.01. The number of rotatable bonds is 2. The van der Waals surface area contributed by atoms with Crippen molar-refractivity contribution in [3.63, 3.8) is 0 Å². The van der Waals surface area contributed by atoms with E-state index in [1.165, 1.54) is 5.57 Å². The Morgan fingerprint density at radius 3 is 2.62 bits per heavy atom. The van der Waals surface area contributed by atoms with Crippen LogP contribution in [0.3, 0.4) is 0 Å². The minimum Gasteiger partial charge on any atom is -0.319 e. The summed E-state index contributed by atoms with van der Waals surface area (Å²) in [5.74, 6) is 0. The topological polar surface area (TPSA) is 51.8 Å². The zero-order valence-electron chi connectivity index (χ0n) is 9.51. The number of benzene rings is 1. The third kappa shape index (κ3) is 2.25. The van der Waals surface area contributed by atoms with Crippen molar-refractivity contribution in [3.05, 3.63) is 47.8 Å². The summed E-state index contributed by atoms with van der Waals surface area (Å²) in [5, 5.41) is 0. The highest BCUT2D eigenvalue weighted by atomic mass is 14.8. The summed E-state index contributed by atoms with van der Waals surface area (Å²) >= 11 is 0. The van der Waals surface area contributed by atoms with Gasteiger partial charge in [0, 0.05) is 0 Å². The molecule has 3 nitrogen and oxygen atoms in total. The molecule has 16 heavy (non-hydrogen) atoms. The summed E-state index contributed by atoms with van der Waals surface area (Å²) in [6.45, 7) is 4.04. The Morgan fingerprint density at radius 2 is 1.94 bits per heavy atom. The molecule has 0 saturated carbocycles. The highest BCUT2D eigenvalue weighted by molar-refractivity contribution is 5.73. The van der Waals surface area contributed by atoms with Gasteiger partial charge in [-0.15, -0.1) is 0 Å². The van der Waals surface area contributed by atoms with Crippen molar-refractivity contribution in [2.45, 2.75) is 19.9 Å². The van der Waals surface area contributed by atoms with Crippen molar-refractivity contribution in [2.24, 2.45) is 5.73 Å². The summed E-state index contributed by atoms with van der Waals surface area (Å²) in [7, 11) is 0. The highest BCUT2D eigenvalue weighted by Crippen LogP contribution is 2.14. The molecule has 0 amide bonds. The van der Waals surface area contributed by atoms with Crippen LogP contribution in [0, 0.1) is 0 Å². The Hall–Kier alpha value is -1.74. The molecule has 1 aromatic heterocycles. The number of fused-ring (bicyclic) bond motifs is 1. The average Bonchev–Trinajstić information content (AvgIpc) is 2.27. The van der Waals surface area contributed by atoms with Crippen molar-refractivity contribution in [2.75, 3.05) is 0 Å². The van der Waals surface area contributed by atoms with E-state index in [1.54, 1.807) is 6.20 Å². The van der Waals surface area contributed by atoms with Crippen LogP contribution in [0.25, 0.3) is 11.0 Å². The Labute approximate surface area is 95.0 Å².